The molecule has 0 aromatic rings. The van der Waals surface area contributed by atoms with E-state index in [1.807, 2.05) is 19.9 Å². The zero-order valence-corrected chi connectivity index (χ0v) is 12.8. The lowest BCUT2D eigenvalue weighted by Gasteiger charge is -2.12. The Balaban J connectivity index is 3.04. The van der Waals surface area contributed by atoms with Gasteiger partial charge in [-0.15, -0.1) is 0 Å². The summed E-state index contributed by atoms with van der Waals surface area (Å²) in [4.78, 5) is 0. The van der Waals surface area contributed by atoms with E-state index in [0.29, 0.717) is 6.61 Å². The van der Waals surface area contributed by atoms with Crippen LogP contribution in [0.2, 0.25) is 0 Å². The molecule has 0 fully saturated rings. The first kappa shape index (κ1) is 18.6. The molecule has 19 heavy (non-hydrogen) atoms. The Morgan fingerprint density at radius 3 is 2.16 bits per heavy atom. The molecule has 0 aliphatic rings. The van der Waals surface area contributed by atoms with Crippen molar-refractivity contribution in [3.05, 3.63) is 12.2 Å². The minimum atomic E-state index is -0.0584. The number of ether oxygens (including phenoxy) is 2. The molecular weight excluding hydrogens is 240 g/mol. The van der Waals surface area contributed by atoms with Crippen LogP contribution in [0.15, 0.2) is 12.2 Å². The third-order valence-corrected chi connectivity index (χ3v) is 3.04. The summed E-state index contributed by atoms with van der Waals surface area (Å²) >= 11 is 0. The average molecular weight is 272 g/mol. The second-order valence-corrected chi connectivity index (χ2v) is 4.81. The largest absolute Gasteiger partial charge is 0.392 e. The van der Waals surface area contributed by atoms with Gasteiger partial charge < -0.3 is 14.6 Å². The minimum Gasteiger partial charge on any atom is -0.392 e. The van der Waals surface area contributed by atoms with Gasteiger partial charge in [0.2, 0.25) is 0 Å². The van der Waals surface area contributed by atoms with Crippen molar-refractivity contribution in [3.63, 3.8) is 0 Å². The first-order valence-corrected chi connectivity index (χ1v) is 7.80. The van der Waals surface area contributed by atoms with Gasteiger partial charge in [-0.25, -0.2) is 0 Å². The van der Waals surface area contributed by atoms with E-state index >= 15 is 0 Å². The third kappa shape index (κ3) is 15.6. The number of hydrogen-bond donors (Lipinski definition) is 1. The van der Waals surface area contributed by atoms with Crippen molar-refractivity contribution < 1.29 is 14.6 Å². The second-order valence-electron chi connectivity index (χ2n) is 4.81. The first-order valence-electron chi connectivity index (χ1n) is 7.80. The molecule has 0 radical (unpaired) electrons. The molecule has 0 spiro atoms. The maximum atomic E-state index is 8.57. The highest BCUT2D eigenvalue weighted by Gasteiger charge is 1.99. The molecule has 1 unspecified atom stereocenters. The van der Waals surface area contributed by atoms with Crippen molar-refractivity contribution in [1.82, 2.24) is 0 Å². The quantitative estimate of drug-likeness (QED) is 0.294. The monoisotopic (exact) mass is 272 g/mol. The number of aliphatic hydroxyl groups excluding tert-OH is 1. The van der Waals surface area contributed by atoms with Crippen molar-refractivity contribution in [2.75, 3.05) is 19.8 Å². The van der Waals surface area contributed by atoms with Crippen LogP contribution in [0.4, 0.5) is 0 Å². The molecule has 0 aliphatic heterocycles. The molecule has 0 saturated heterocycles. The molecule has 0 aromatic heterocycles. The van der Waals surface area contributed by atoms with Crippen LogP contribution < -0.4 is 0 Å². The number of unbranched alkanes of at least 4 members (excludes halogenated alkanes) is 7. The maximum absolute atomic E-state index is 8.57. The number of hydrogen-bond acceptors (Lipinski definition) is 3. The Kier molecular flexibility index (Phi) is 15.4. The fraction of sp³-hybridized carbons (Fsp3) is 0.875. The highest BCUT2D eigenvalue weighted by atomic mass is 16.7. The standard InChI is InChI=1S/C16H32O3/c1-3-18-16(2)19-15-13-11-9-7-5-4-6-8-10-12-14-17/h10,12,16-17H,3-9,11,13-15H2,1-2H3/b12-10+. The van der Waals surface area contributed by atoms with E-state index in [2.05, 4.69) is 6.08 Å². The molecule has 0 rings (SSSR count). The van der Waals surface area contributed by atoms with Crippen LogP contribution in [-0.4, -0.2) is 31.2 Å². The summed E-state index contributed by atoms with van der Waals surface area (Å²) in [6, 6.07) is 0. The van der Waals surface area contributed by atoms with E-state index in [4.69, 9.17) is 14.6 Å². The molecule has 0 heterocycles. The molecule has 114 valence electrons. The predicted octanol–water partition coefficient (Wildman–Crippen LogP) is 4.05. The smallest absolute Gasteiger partial charge is 0.154 e. The second kappa shape index (κ2) is 15.7. The van der Waals surface area contributed by atoms with Crippen molar-refractivity contribution >= 4 is 0 Å². The van der Waals surface area contributed by atoms with E-state index in [-0.39, 0.29) is 12.9 Å². The van der Waals surface area contributed by atoms with Crippen LogP contribution in [0.25, 0.3) is 0 Å². The molecule has 0 saturated carbocycles. The van der Waals surface area contributed by atoms with Gasteiger partial charge in [-0.3, -0.25) is 0 Å². The molecule has 1 N–H and O–H groups in total. The van der Waals surface area contributed by atoms with Gasteiger partial charge in [-0.2, -0.15) is 0 Å². The molecule has 3 nitrogen and oxygen atoms in total. The number of rotatable bonds is 14. The van der Waals surface area contributed by atoms with Gasteiger partial charge in [0, 0.05) is 13.2 Å². The van der Waals surface area contributed by atoms with Crippen LogP contribution >= 0.6 is 0 Å². The maximum Gasteiger partial charge on any atom is 0.154 e. The van der Waals surface area contributed by atoms with Gasteiger partial charge in [-0.1, -0.05) is 44.3 Å². The SMILES string of the molecule is CCOC(C)OCCCCCCCCC/C=C/CO. The fourth-order valence-corrected chi connectivity index (χ4v) is 1.97. The van der Waals surface area contributed by atoms with E-state index in [1.165, 1.54) is 38.5 Å². The van der Waals surface area contributed by atoms with E-state index < -0.39 is 0 Å². The van der Waals surface area contributed by atoms with E-state index in [0.717, 1.165) is 19.4 Å². The highest BCUT2D eigenvalue weighted by molar-refractivity contribution is 4.80. The van der Waals surface area contributed by atoms with Gasteiger partial charge >= 0.3 is 0 Å². The van der Waals surface area contributed by atoms with Crippen molar-refractivity contribution in [1.29, 1.82) is 0 Å². The average Bonchev–Trinajstić information content (AvgIpc) is 2.40. The van der Waals surface area contributed by atoms with Gasteiger partial charge in [-0.05, 0) is 33.1 Å². The third-order valence-electron chi connectivity index (χ3n) is 3.04. The van der Waals surface area contributed by atoms with Gasteiger partial charge in [0.05, 0.1) is 6.61 Å². The lowest BCUT2D eigenvalue weighted by molar-refractivity contribution is -0.127. The van der Waals surface area contributed by atoms with Crippen molar-refractivity contribution in [2.45, 2.75) is 71.5 Å². The molecule has 1 atom stereocenters. The summed E-state index contributed by atoms with van der Waals surface area (Å²) in [7, 11) is 0. The molecule has 0 bridgehead atoms. The molecule has 3 heteroatoms. The van der Waals surface area contributed by atoms with Crippen molar-refractivity contribution in [2.24, 2.45) is 0 Å². The van der Waals surface area contributed by atoms with Crippen LogP contribution in [0.5, 0.6) is 0 Å². The summed E-state index contributed by atoms with van der Waals surface area (Å²) in [5, 5.41) is 8.57. The minimum absolute atomic E-state index is 0.0584. The van der Waals surface area contributed by atoms with Gasteiger partial charge in [0.25, 0.3) is 0 Å². The van der Waals surface area contributed by atoms with E-state index in [1.54, 1.807) is 0 Å². The zero-order valence-electron chi connectivity index (χ0n) is 12.8. The highest BCUT2D eigenvalue weighted by Crippen LogP contribution is 2.09. The Bertz CT molecular complexity index is 192. The number of allylic oxidation sites excluding steroid dienone is 1. The van der Waals surface area contributed by atoms with Crippen LogP contribution in [0.1, 0.15) is 65.2 Å². The molecular formula is C16H32O3. The van der Waals surface area contributed by atoms with Crippen LogP contribution in [0.3, 0.4) is 0 Å². The molecule has 0 amide bonds. The lowest BCUT2D eigenvalue weighted by Crippen LogP contribution is -2.13. The topological polar surface area (TPSA) is 38.7 Å². The first-order chi connectivity index (χ1) is 9.31. The van der Waals surface area contributed by atoms with Crippen molar-refractivity contribution in [3.8, 4) is 0 Å². The Labute approximate surface area is 119 Å². The summed E-state index contributed by atoms with van der Waals surface area (Å²) in [5.41, 5.74) is 0. The lowest BCUT2D eigenvalue weighted by atomic mass is 10.1. The summed E-state index contributed by atoms with van der Waals surface area (Å²) in [5.74, 6) is 0. The van der Waals surface area contributed by atoms with Gasteiger partial charge in [0.15, 0.2) is 6.29 Å². The van der Waals surface area contributed by atoms with Crippen LogP contribution in [-0.2, 0) is 9.47 Å². The predicted molar refractivity (Wildman–Crippen MR) is 80.2 cm³/mol. The number of aliphatic hydroxyl groups is 1. The zero-order chi connectivity index (χ0) is 14.2. The van der Waals surface area contributed by atoms with Gasteiger partial charge in [0.1, 0.15) is 0 Å². The summed E-state index contributed by atoms with van der Waals surface area (Å²) in [6.07, 6.45) is 13.8. The molecule has 0 aromatic carbocycles. The molecule has 0 aliphatic carbocycles. The Hall–Kier alpha value is -0.380. The Morgan fingerprint density at radius 1 is 0.895 bits per heavy atom. The summed E-state index contributed by atoms with van der Waals surface area (Å²) < 4.78 is 10.8. The van der Waals surface area contributed by atoms with Crippen LogP contribution in [0, 0.1) is 0 Å². The van der Waals surface area contributed by atoms with E-state index in [9.17, 15) is 0 Å². The fourth-order valence-electron chi connectivity index (χ4n) is 1.97. The summed E-state index contributed by atoms with van der Waals surface area (Å²) in [6.45, 7) is 5.64. The normalized spacial score (nSPS) is 13.2. The Morgan fingerprint density at radius 2 is 1.53 bits per heavy atom.